The summed E-state index contributed by atoms with van der Waals surface area (Å²) in [6, 6.07) is 14.1. The second kappa shape index (κ2) is 7.24. The van der Waals surface area contributed by atoms with Crippen LogP contribution in [0.15, 0.2) is 48.5 Å². The second-order valence-corrected chi connectivity index (χ2v) is 4.65. The number of hydrogen-bond donors (Lipinski definition) is 0. The highest BCUT2D eigenvalue weighted by Gasteiger charge is 2.09. The Labute approximate surface area is 129 Å². The Morgan fingerprint density at radius 1 is 1.00 bits per heavy atom. The zero-order valence-electron chi connectivity index (χ0n) is 12.6. The van der Waals surface area contributed by atoms with Crippen LogP contribution in [0.3, 0.4) is 0 Å². The van der Waals surface area contributed by atoms with Crippen LogP contribution < -0.4 is 0 Å². The zero-order valence-corrected chi connectivity index (χ0v) is 12.6. The summed E-state index contributed by atoms with van der Waals surface area (Å²) in [6.45, 7) is 3.62. The first-order chi connectivity index (χ1) is 10.6. The molecular formula is C19H16O3. The van der Waals surface area contributed by atoms with E-state index in [4.69, 9.17) is 4.74 Å². The van der Waals surface area contributed by atoms with Crippen LogP contribution in [0.1, 0.15) is 45.7 Å². The van der Waals surface area contributed by atoms with Crippen LogP contribution >= 0.6 is 0 Å². The fourth-order valence-corrected chi connectivity index (χ4v) is 1.91. The molecule has 0 spiro atoms. The summed E-state index contributed by atoms with van der Waals surface area (Å²) in [7, 11) is 0. The second-order valence-electron chi connectivity index (χ2n) is 4.65. The van der Waals surface area contributed by atoms with Gasteiger partial charge in [-0.05, 0) is 38.1 Å². The molecule has 0 saturated heterocycles. The van der Waals surface area contributed by atoms with Gasteiger partial charge in [0.2, 0.25) is 0 Å². The van der Waals surface area contributed by atoms with Gasteiger partial charge in [0.05, 0.1) is 12.2 Å². The average Bonchev–Trinajstić information content (AvgIpc) is 2.54. The molecule has 110 valence electrons. The Kier molecular flexibility index (Phi) is 5.11. The highest BCUT2D eigenvalue weighted by molar-refractivity contribution is 5.94. The number of rotatable bonds is 3. The Morgan fingerprint density at radius 2 is 1.68 bits per heavy atom. The van der Waals surface area contributed by atoms with Crippen LogP contribution in [0.5, 0.6) is 0 Å². The van der Waals surface area contributed by atoms with Gasteiger partial charge in [0, 0.05) is 16.7 Å². The van der Waals surface area contributed by atoms with Gasteiger partial charge in [0.1, 0.15) is 0 Å². The lowest BCUT2D eigenvalue weighted by molar-refractivity contribution is 0.0526. The van der Waals surface area contributed by atoms with E-state index in [1.807, 2.05) is 6.07 Å². The number of ether oxygens (including phenoxy) is 1. The maximum Gasteiger partial charge on any atom is 0.339 e. The van der Waals surface area contributed by atoms with Gasteiger partial charge in [-0.2, -0.15) is 0 Å². The van der Waals surface area contributed by atoms with Crippen LogP contribution in [0.2, 0.25) is 0 Å². The number of benzene rings is 2. The van der Waals surface area contributed by atoms with E-state index in [9.17, 15) is 9.59 Å². The number of carbonyl (C=O) groups is 2. The minimum atomic E-state index is -0.376. The third-order valence-corrected chi connectivity index (χ3v) is 3.06. The molecule has 0 aliphatic rings. The molecule has 2 aromatic carbocycles. The Hall–Kier alpha value is -2.86. The van der Waals surface area contributed by atoms with Crippen LogP contribution in [-0.4, -0.2) is 18.4 Å². The molecule has 0 saturated carbocycles. The fraction of sp³-hybridized carbons (Fsp3) is 0.158. The molecule has 0 bridgehead atoms. The number of carbonyl (C=O) groups excluding carboxylic acids is 2. The third kappa shape index (κ3) is 3.83. The smallest absolute Gasteiger partial charge is 0.339 e. The maximum absolute atomic E-state index is 11.9. The van der Waals surface area contributed by atoms with E-state index < -0.39 is 0 Å². The lowest BCUT2D eigenvalue weighted by Gasteiger charge is -2.03. The maximum atomic E-state index is 11.9. The van der Waals surface area contributed by atoms with Gasteiger partial charge in [0.15, 0.2) is 5.78 Å². The number of ketones is 1. The molecule has 3 nitrogen and oxygen atoms in total. The minimum absolute atomic E-state index is 0.0205. The largest absolute Gasteiger partial charge is 0.462 e. The first-order valence-corrected chi connectivity index (χ1v) is 7.01. The molecule has 0 radical (unpaired) electrons. The summed E-state index contributed by atoms with van der Waals surface area (Å²) < 4.78 is 5.02. The molecule has 0 amide bonds. The molecule has 0 fully saturated rings. The highest BCUT2D eigenvalue weighted by atomic mass is 16.5. The minimum Gasteiger partial charge on any atom is -0.462 e. The quantitative estimate of drug-likeness (QED) is 0.494. The van der Waals surface area contributed by atoms with E-state index in [1.54, 1.807) is 49.4 Å². The lowest BCUT2D eigenvalue weighted by Crippen LogP contribution is -2.06. The first-order valence-electron chi connectivity index (χ1n) is 7.01. The van der Waals surface area contributed by atoms with Crippen molar-refractivity contribution in [1.82, 2.24) is 0 Å². The SMILES string of the molecule is CCOC(=O)c1ccccc1C#Cc1ccc(C(C)=O)cc1. The van der Waals surface area contributed by atoms with Crippen molar-refractivity contribution in [1.29, 1.82) is 0 Å². The van der Waals surface area contributed by atoms with Crippen molar-refractivity contribution >= 4 is 11.8 Å². The molecule has 0 atom stereocenters. The Bertz CT molecular complexity index is 746. The number of hydrogen-bond acceptors (Lipinski definition) is 3. The van der Waals surface area contributed by atoms with E-state index >= 15 is 0 Å². The van der Waals surface area contributed by atoms with Gasteiger partial charge in [-0.15, -0.1) is 0 Å². The van der Waals surface area contributed by atoms with Crippen LogP contribution in [0, 0.1) is 11.8 Å². The van der Waals surface area contributed by atoms with Crippen molar-refractivity contribution in [3.63, 3.8) is 0 Å². The molecule has 0 aliphatic carbocycles. The first kappa shape index (κ1) is 15.5. The molecule has 0 heterocycles. The standard InChI is InChI=1S/C19H16O3/c1-3-22-19(21)18-7-5-4-6-17(18)13-10-15-8-11-16(12-9-15)14(2)20/h4-9,11-12H,3H2,1-2H3. The van der Waals surface area contributed by atoms with Crippen LogP contribution in [0.4, 0.5) is 0 Å². The Morgan fingerprint density at radius 3 is 2.32 bits per heavy atom. The van der Waals surface area contributed by atoms with Crippen molar-refractivity contribution in [2.24, 2.45) is 0 Å². The van der Waals surface area contributed by atoms with E-state index in [0.717, 1.165) is 5.56 Å². The summed E-state index contributed by atoms with van der Waals surface area (Å²) in [4.78, 5) is 23.1. The van der Waals surface area contributed by atoms with Gasteiger partial charge in [0.25, 0.3) is 0 Å². The number of esters is 1. The molecule has 2 aromatic rings. The van der Waals surface area contributed by atoms with Gasteiger partial charge in [-0.3, -0.25) is 4.79 Å². The molecule has 0 N–H and O–H groups in total. The molecular weight excluding hydrogens is 276 g/mol. The molecule has 3 heteroatoms. The van der Waals surface area contributed by atoms with Crippen molar-refractivity contribution in [3.05, 3.63) is 70.8 Å². The summed E-state index contributed by atoms with van der Waals surface area (Å²) in [5, 5.41) is 0. The summed E-state index contributed by atoms with van der Waals surface area (Å²) in [5.41, 5.74) is 2.51. The molecule has 22 heavy (non-hydrogen) atoms. The van der Waals surface area contributed by atoms with E-state index in [2.05, 4.69) is 11.8 Å². The predicted octanol–water partition coefficient (Wildman–Crippen LogP) is 3.47. The lowest BCUT2D eigenvalue weighted by atomic mass is 10.1. The van der Waals surface area contributed by atoms with Gasteiger partial charge >= 0.3 is 5.97 Å². The molecule has 0 aromatic heterocycles. The molecule has 0 aliphatic heterocycles. The van der Waals surface area contributed by atoms with Crippen molar-refractivity contribution in [2.45, 2.75) is 13.8 Å². The third-order valence-electron chi connectivity index (χ3n) is 3.06. The number of Topliss-reactive ketones (excluding diaryl/α,β-unsaturated/α-hetero) is 1. The highest BCUT2D eigenvalue weighted by Crippen LogP contribution is 2.10. The van der Waals surface area contributed by atoms with E-state index in [-0.39, 0.29) is 11.8 Å². The van der Waals surface area contributed by atoms with Crippen molar-refractivity contribution in [2.75, 3.05) is 6.61 Å². The van der Waals surface area contributed by atoms with Crippen LogP contribution in [0.25, 0.3) is 0 Å². The van der Waals surface area contributed by atoms with Crippen molar-refractivity contribution in [3.8, 4) is 11.8 Å². The summed E-state index contributed by atoms with van der Waals surface area (Å²) in [5.74, 6) is 5.62. The summed E-state index contributed by atoms with van der Waals surface area (Å²) >= 11 is 0. The van der Waals surface area contributed by atoms with Crippen molar-refractivity contribution < 1.29 is 14.3 Å². The van der Waals surface area contributed by atoms with Gasteiger partial charge in [-0.1, -0.05) is 36.1 Å². The normalized spacial score (nSPS) is 9.55. The Balaban J connectivity index is 2.28. The average molecular weight is 292 g/mol. The van der Waals surface area contributed by atoms with Gasteiger partial charge < -0.3 is 4.74 Å². The topological polar surface area (TPSA) is 43.4 Å². The monoisotopic (exact) mass is 292 g/mol. The van der Waals surface area contributed by atoms with E-state index in [0.29, 0.717) is 23.3 Å². The van der Waals surface area contributed by atoms with Gasteiger partial charge in [-0.25, -0.2) is 4.79 Å². The van der Waals surface area contributed by atoms with E-state index in [1.165, 1.54) is 6.92 Å². The van der Waals surface area contributed by atoms with Crippen LogP contribution in [-0.2, 0) is 4.74 Å². The zero-order chi connectivity index (χ0) is 15.9. The predicted molar refractivity (Wildman–Crippen MR) is 84.8 cm³/mol. The summed E-state index contributed by atoms with van der Waals surface area (Å²) in [6.07, 6.45) is 0. The molecule has 2 rings (SSSR count). The fourth-order valence-electron chi connectivity index (χ4n) is 1.91. The molecule has 0 unspecified atom stereocenters.